The van der Waals surface area contributed by atoms with Gasteiger partial charge in [-0.05, 0) is 30.6 Å². The SMILES string of the molecule is CCN(CC)C(C(=O)N(C)CC(C)(C)CN)c1ccccc1. The number of benzene rings is 1. The number of nitrogens with two attached hydrogens (primary N) is 1. The zero-order valence-electron chi connectivity index (χ0n) is 14.7. The fourth-order valence-electron chi connectivity index (χ4n) is 2.73. The van der Waals surface area contributed by atoms with Gasteiger partial charge in [0.15, 0.2) is 0 Å². The maximum atomic E-state index is 13.0. The monoisotopic (exact) mass is 305 g/mol. The molecule has 0 bridgehead atoms. The first kappa shape index (κ1) is 18.7. The summed E-state index contributed by atoms with van der Waals surface area (Å²) < 4.78 is 0. The highest BCUT2D eigenvalue weighted by molar-refractivity contribution is 5.83. The summed E-state index contributed by atoms with van der Waals surface area (Å²) in [5.41, 5.74) is 6.78. The van der Waals surface area contributed by atoms with Gasteiger partial charge in [0.2, 0.25) is 5.91 Å². The Bertz CT molecular complexity index is 455. The number of amides is 1. The van der Waals surface area contributed by atoms with Crippen LogP contribution < -0.4 is 5.73 Å². The highest BCUT2D eigenvalue weighted by Gasteiger charge is 2.30. The van der Waals surface area contributed by atoms with Gasteiger partial charge in [0.25, 0.3) is 0 Å². The lowest BCUT2D eigenvalue weighted by Gasteiger charge is -2.35. The summed E-state index contributed by atoms with van der Waals surface area (Å²) in [4.78, 5) is 17.1. The molecule has 0 radical (unpaired) electrons. The second-order valence-corrected chi connectivity index (χ2v) is 6.60. The van der Waals surface area contributed by atoms with Crippen LogP contribution in [0.3, 0.4) is 0 Å². The number of nitrogens with zero attached hydrogens (tertiary/aromatic N) is 2. The van der Waals surface area contributed by atoms with Crippen molar-refractivity contribution in [3.05, 3.63) is 35.9 Å². The van der Waals surface area contributed by atoms with Gasteiger partial charge in [-0.25, -0.2) is 0 Å². The van der Waals surface area contributed by atoms with Gasteiger partial charge in [-0.2, -0.15) is 0 Å². The second-order valence-electron chi connectivity index (χ2n) is 6.60. The molecule has 1 rings (SSSR count). The zero-order chi connectivity index (χ0) is 16.8. The van der Waals surface area contributed by atoms with Crippen LogP contribution in [0, 0.1) is 5.41 Å². The van der Waals surface area contributed by atoms with Crippen LogP contribution in [0.5, 0.6) is 0 Å². The molecule has 0 saturated heterocycles. The van der Waals surface area contributed by atoms with Crippen molar-refractivity contribution in [2.24, 2.45) is 11.1 Å². The summed E-state index contributed by atoms with van der Waals surface area (Å²) in [6.07, 6.45) is 0. The summed E-state index contributed by atoms with van der Waals surface area (Å²) >= 11 is 0. The minimum absolute atomic E-state index is 0.0745. The molecule has 1 aromatic carbocycles. The van der Waals surface area contributed by atoms with E-state index in [4.69, 9.17) is 5.73 Å². The van der Waals surface area contributed by atoms with E-state index in [9.17, 15) is 4.79 Å². The van der Waals surface area contributed by atoms with Crippen LogP contribution >= 0.6 is 0 Å². The molecule has 0 aliphatic rings. The first-order valence-electron chi connectivity index (χ1n) is 8.10. The molecule has 1 unspecified atom stereocenters. The highest BCUT2D eigenvalue weighted by atomic mass is 16.2. The van der Waals surface area contributed by atoms with Gasteiger partial charge in [-0.15, -0.1) is 0 Å². The largest absolute Gasteiger partial charge is 0.344 e. The Labute approximate surface area is 135 Å². The quantitative estimate of drug-likeness (QED) is 0.803. The summed E-state index contributed by atoms with van der Waals surface area (Å²) in [5, 5.41) is 0. The molecule has 1 amide bonds. The van der Waals surface area contributed by atoms with Crippen LogP contribution in [0.1, 0.15) is 39.3 Å². The predicted molar refractivity (Wildman–Crippen MR) is 92.6 cm³/mol. The molecule has 0 heterocycles. The lowest BCUT2D eigenvalue weighted by molar-refractivity contribution is -0.137. The molecule has 4 heteroatoms. The van der Waals surface area contributed by atoms with E-state index in [1.807, 2.05) is 42.3 Å². The number of likely N-dealkylation sites (N-methyl/N-ethyl adjacent to an activating group) is 2. The van der Waals surface area contributed by atoms with Crippen LogP contribution in [0.2, 0.25) is 0 Å². The van der Waals surface area contributed by atoms with Crippen molar-refractivity contribution in [2.45, 2.75) is 33.7 Å². The van der Waals surface area contributed by atoms with E-state index >= 15 is 0 Å². The maximum Gasteiger partial charge on any atom is 0.244 e. The molecule has 0 aromatic heterocycles. The zero-order valence-corrected chi connectivity index (χ0v) is 14.7. The van der Waals surface area contributed by atoms with E-state index in [1.54, 1.807) is 0 Å². The Hall–Kier alpha value is -1.39. The summed E-state index contributed by atoms with van der Waals surface area (Å²) in [7, 11) is 1.87. The van der Waals surface area contributed by atoms with Crippen molar-refractivity contribution in [2.75, 3.05) is 33.2 Å². The van der Waals surface area contributed by atoms with Crippen LogP contribution in [0.4, 0.5) is 0 Å². The van der Waals surface area contributed by atoms with E-state index in [1.165, 1.54) is 0 Å². The average molecular weight is 305 g/mol. The van der Waals surface area contributed by atoms with Crippen LogP contribution in [0.25, 0.3) is 0 Å². The van der Waals surface area contributed by atoms with Crippen LogP contribution in [0.15, 0.2) is 30.3 Å². The molecule has 4 nitrogen and oxygen atoms in total. The molecule has 1 aromatic rings. The molecular formula is C18H31N3O. The molecule has 0 aliphatic heterocycles. The maximum absolute atomic E-state index is 13.0. The number of hydrogen-bond donors (Lipinski definition) is 1. The van der Waals surface area contributed by atoms with Gasteiger partial charge in [0.1, 0.15) is 6.04 Å². The minimum Gasteiger partial charge on any atom is -0.344 e. The van der Waals surface area contributed by atoms with E-state index in [0.29, 0.717) is 13.1 Å². The van der Waals surface area contributed by atoms with Gasteiger partial charge in [-0.3, -0.25) is 9.69 Å². The predicted octanol–water partition coefficient (Wildman–Crippen LogP) is 2.51. The lowest BCUT2D eigenvalue weighted by Crippen LogP contribution is -2.45. The third-order valence-corrected chi connectivity index (χ3v) is 4.12. The summed E-state index contributed by atoms with van der Waals surface area (Å²) in [5.74, 6) is 0.136. The van der Waals surface area contributed by atoms with Crippen molar-refractivity contribution < 1.29 is 4.79 Å². The molecule has 22 heavy (non-hydrogen) atoms. The lowest BCUT2D eigenvalue weighted by atomic mass is 9.92. The smallest absolute Gasteiger partial charge is 0.244 e. The van der Waals surface area contributed by atoms with Gasteiger partial charge in [0, 0.05) is 13.6 Å². The Kier molecular flexibility index (Phi) is 7.04. The van der Waals surface area contributed by atoms with E-state index in [-0.39, 0.29) is 17.4 Å². The Morgan fingerprint density at radius 2 is 1.73 bits per heavy atom. The molecule has 1 atom stereocenters. The minimum atomic E-state index is -0.227. The Balaban J connectivity index is 3.03. The van der Waals surface area contributed by atoms with Gasteiger partial charge in [-0.1, -0.05) is 58.0 Å². The molecule has 0 fully saturated rings. The molecular weight excluding hydrogens is 274 g/mol. The van der Waals surface area contributed by atoms with E-state index < -0.39 is 0 Å². The number of carbonyl (C=O) groups excluding carboxylic acids is 1. The van der Waals surface area contributed by atoms with E-state index in [2.05, 4.69) is 32.6 Å². The first-order valence-corrected chi connectivity index (χ1v) is 8.10. The van der Waals surface area contributed by atoms with Crippen molar-refractivity contribution in [1.82, 2.24) is 9.80 Å². The molecule has 124 valence electrons. The number of carbonyl (C=O) groups is 1. The Morgan fingerprint density at radius 1 is 1.18 bits per heavy atom. The van der Waals surface area contributed by atoms with Crippen molar-refractivity contribution >= 4 is 5.91 Å². The summed E-state index contributed by atoms with van der Waals surface area (Å²) in [6.45, 7) is 11.3. The number of hydrogen-bond acceptors (Lipinski definition) is 3. The highest BCUT2D eigenvalue weighted by Crippen LogP contribution is 2.24. The normalized spacial score (nSPS) is 13.2. The molecule has 0 spiro atoms. The fraction of sp³-hybridized carbons (Fsp3) is 0.611. The third kappa shape index (κ3) is 4.82. The van der Waals surface area contributed by atoms with E-state index in [0.717, 1.165) is 18.7 Å². The second kappa shape index (κ2) is 8.30. The van der Waals surface area contributed by atoms with Crippen LogP contribution in [-0.4, -0.2) is 48.9 Å². The van der Waals surface area contributed by atoms with Crippen molar-refractivity contribution in [1.29, 1.82) is 0 Å². The first-order chi connectivity index (χ1) is 10.4. The third-order valence-electron chi connectivity index (χ3n) is 4.12. The standard InChI is InChI=1S/C18H31N3O/c1-6-21(7-2)16(15-11-9-8-10-12-15)17(22)20(5)14-18(3,4)13-19/h8-12,16H,6-7,13-14,19H2,1-5H3. The van der Waals surface area contributed by atoms with Crippen molar-refractivity contribution in [3.8, 4) is 0 Å². The fourth-order valence-corrected chi connectivity index (χ4v) is 2.73. The topological polar surface area (TPSA) is 49.6 Å². The average Bonchev–Trinajstić information content (AvgIpc) is 2.52. The number of rotatable bonds is 8. The van der Waals surface area contributed by atoms with Crippen LogP contribution in [-0.2, 0) is 4.79 Å². The summed E-state index contributed by atoms with van der Waals surface area (Å²) in [6, 6.07) is 9.79. The van der Waals surface area contributed by atoms with Crippen molar-refractivity contribution in [3.63, 3.8) is 0 Å². The molecule has 2 N–H and O–H groups in total. The van der Waals surface area contributed by atoms with Gasteiger partial charge >= 0.3 is 0 Å². The Morgan fingerprint density at radius 3 is 2.18 bits per heavy atom. The van der Waals surface area contributed by atoms with Gasteiger partial charge in [0.05, 0.1) is 0 Å². The van der Waals surface area contributed by atoms with Gasteiger partial charge < -0.3 is 10.6 Å². The molecule has 0 saturated carbocycles. The molecule has 0 aliphatic carbocycles.